The Labute approximate surface area is 176 Å². The number of primary amides is 1. The van der Waals surface area contributed by atoms with Gasteiger partial charge in [-0.2, -0.15) is 13.2 Å². The lowest BCUT2D eigenvalue weighted by Crippen LogP contribution is -2.13. The van der Waals surface area contributed by atoms with Crippen molar-refractivity contribution in [3.8, 4) is 11.4 Å². The second kappa shape index (κ2) is 8.51. The maximum Gasteiger partial charge on any atom is 0.416 e. The van der Waals surface area contributed by atoms with Gasteiger partial charge in [-0.05, 0) is 43.5 Å². The maximum absolute atomic E-state index is 12.9. The van der Waals surface area contributed by atoms with Crippen LogP contribution < -0.4 is 11.1 Å². The molecule has 3 rings (SSSR count). The number of hydrogen-bond acceptors (Lipinski definition) is 4. The third-order valence-corrected chi connectivity index (χ3v) is 5.53. The Bertz CT molecular complexity index is 1050. The van der Waals surface area contributed by atoms with Crippen LogP contribution in [0, 0.1) is 12.8 Å². The molecule has 160 valence electrons. The SMILES string of the molecule is Cc1c(C(N)=O)cc(-c2csc(Nc3cccc(C(F)(F)F)c3)n2)n1CCC(C)C. The van der Waals surface area contributed by atoms with E-state index in [-0.39, 0.29) is 0 Å². The van der Waals surface area contributed by atoms with Crippen molar-refractivity contribution in [2.24, 2.45) is 11.7 Å². The molecule has 0 aliphatic rings. The zero-order valence-corrected chi connectivity index (χ0v) is 17.7. The third kappa shape index (κ3) is 4.84. The molecule has 30 heavy (non-hydrogen) atoms. The highest BCUT2D eigenvalue weighted by atomic mass is 32.1. The summed E-state index contributed by atoms with van der Waals surface area (Å²) in [5, 5.41) is 5.19. The molecule has 9 heteroatoms. The van der Waals surface area contributed by atoms with Crippen LogP contribution in [0.4, 0.5) is 24.0 Å². The molecule has 0 fully saturated rings. The lowest BCUT2D eigenvalue weighted by Gasteiger charge is -2.12. The van der Waals surface area contributed by atoms with E-state index in [4.69, 9.17) is 5.73 Å². The maximum atomic E-state index is 12.9. The number of nitrogens with two attached hydrogens (primary N) is 1. The van der Waals surface area contributed by atoms with Gasteiger partial charge in [-0.3, -0.25) is 4.79 Å². The van der Waals surface area contributed by atoms with E-state index in [0.717, 1.165) is 29.9 Å². The topological polar surface area (TPSA) is 72.9 Å². The van der Waals surface area contributed by atoms with E-state index >= 15 is 0 Å². The van der Waals surface area contributed by atoms with Crippen molar-refractivity contribution in [1.82, 2.24) is 9.55 Å². The van der Waals surface area contributed by atoms with Crippen molar-refractivity contribution in [1.29, 1.82) is 0 Å². The van der Waals surface area contributed by atoms with Crippen LogP contribution in [0.5, 0.6) is 0 Å². The molecule has 0 spiro atoms. The molecule has 0 atom stereocenters. The molecule has 1 aromatic carbocycles. The molecular formula is C21H23F3N4OS. The fourth-order valence-corrected chi connectivity index (χ4v) is 3.85. The molecule has 0 radical (unpaired) electrons. The van der Waals surface area contributed by atoms with Gasteiger partial charge in [-0.25, -0.2) is 4.98 Å². The average molecular weight is 437 g/mol. The largest absolute Gasteiger partial charge is 0.416 e. The minimum Gasteiger partial charge on any atom is -0.366 e. The lowest BCUT2D eigenvalue weighted by atomic mass is 10.1. The van der Waals surface area contributed by atoms with Gasteiger partial charge in [0.25, 0.3) is 5.91 Å². The van der Waals surface area contributed by atoms with Crippen molar-refractivity contribution >= 4 is 28.1 Å². The molecule has 3 aromatic rings. The fourth-order valence-electron chi connectivity index (χ4n) is 3.13. The number of carbonyl (C=O) groups excluding carboxylic acids is 1. The summed E-state index contributed by atoms with van der Waals surface area (Å²) in [6.07, 6.45) is -3.49. The second-order valence-electron chi connectivity index (χ2n) is 7.47. The Morgan fingerprint density at radius 2 is 2.03 bits per heavy atom. The fraction of sp³-hybridized carbons (Fsp3) is 0.333. The van der Waals surface area contributed by atoms with Gasteiger partial charge in [-0.1, -0.05) is 19.9 Å². The summed E-state index contributed by atoms with van der Waals surface area (Å²) in [5.74, 6) is -0.0279. The van der Waals surface area contributed by atoms with E-state index in [2.05, 4.69) is 24.1 Å². The number of hydrogen-bond donors (Lipinski definition) is 2. The van der Waals surface area contributed by atoms with Crippen molar-refractivity contribution in [2.75, 3.05) is 5.32 Å². The van der Waals surface area contributed by atoms with Gasteiger partial charge >= 0.3 is 6.18 Å². The molecule has 1 amide bonds. The number of thiazole rings is 1. The smallest absolute Gasteiger partial charge is 0.366 e. The predicted octanol–water partition coefficient (Wildman–Crippen LogP) is 5.83. The number of benzene rings is 1. The van der Waals surface area contributed by atoms with E-state index in [0.29, 0.717) is 34.5 Å². The van der Waals surface area contributed by atoms with E-state index in [1.54, 1.807) is 17.5 Å². The molecule has 0 aliphatic carbocycles. The van der Waals surface area contributed by atoms with Crippen LogP contribution in [0.3, 0.4) is 0 Å². The minimum atomic E-state index is -4.41. The van der Waals surface area contributed by atoms with E-state index in [1.165, 1.54) is 17.4 Å². The van der Waals surface area contributed by atoms with Crippen molar-refractivity contribution in [3.05, 3.63) is 52.5 Å². The van der Waals surface area contributed by atoms with Crippen LogP contribution in [0.1, 0.15) is 41.9 Å². The summed E-state index contributed by atoms with van der Waals surface area (Å²) in [7, 11) is 0. The van der Waals surface area contributed by atoms with E-state index < -0.39 is 17.6 Å². The van der Waals surface area contributed by atoms with Gasteiger partial charge in [0.2, 0.25) is 0 Å². The highest BCUT2D eigenvalue weighted by Gasteiger charge is 2.30. The normalized spacial score (nSPS) is 11.8. The Hall–Kier alpha value is -2.81. The number of rotatable bonds is 7. The first-order valence-electron chi connectivity index (χ1n) is 9.46. The Morgan fingerprint density at radius 1 is 1.30 bits per heavy atom. The zero-order valence-electron chi connectivity index (χ0n) is 16.9. The molecular weight excluding hydrogens is 413 g/mol. The molecule has 0 saturated heterocycles. The Balaban J connectivity index is 1.90. The first-order chi connectivity index (χ1) is 14.1. The van der Waals surface area contributed by atoms with Crippen LogP contribution >= 0.6 is 11.3 Å². The molecule has 2 heterocycles. The highest BCUT2D eigenvalue weighted by Crippen LogP contribution is 2.33. The minimum absolute atomic E-state index is 0.301. The molecule has 0 aliphatic heterocycles. The van der Waals surface area contributed by atoms with E-state index in [9.17, 15) is 18.0 Å². The quantitative estimate of drug-likeness (QED) is 0.490. The predicted molar refractivity (Wildman–Crippen MR) is 113 cm³/mol. The third-order valence-electron chi connectivity index (χ3n) is 4.77. The van der Waals surface area contributed by atoms with Crippen molar-refractivity contribution in [2.45, 2.75) is 39.9 Å². The summed E-state index contributed by atoms with van der Waals surface area (Å²) >= 11 is 1.28. The summed E-state index contributed by atoms with van der Waals surface area (Å²) in [6.45, 7) is 6.79. The van der Waals surface area contributed by atoms with Gasteiger partial charge < -0.3 is 15.6 Å². The summed E-state index contributed by atoms with van der Waals surface area (Å²) in [6, 6.07) is 6.69. The molecule has 5 nitrogen and oxygen atoms in total. The van der Waals surface area contributed by atoms with E-state index in [1.807, 2.05) is 11.5 Å². The number of amides is 1. The lowest BCUT2D eigenvalue weighted by molar-refractivity contribution is -0.137. The van der Waals surface area contributed by atoms with Crippen molar-refractivity contribution in [3.63, 3.8) is 0 Å². The summed E-state index contributed by atoms with van der Waals surface area (Å²) in [5.41, 5.74) is 7.69. The number of halogens is 3. The second-order valence-corrected chi connectivity index (χ2v) is 8.33. The van der Waals surface area contributed by atoms with Crippen LogP contribution in [0.2, 0.25) is 0 Å². The number of alkyl halides is 3. The molecule has 2 aromatic heterocycles. The van der Waals surface area contributed by atoms with Crippen molar-refractivity contribution < 1.29 is 18.0 Å². The number of nitrogens with zero attached hydrogens (tertiary/aromatic N) is 2. The summed E-state index contributed by atoms with van der Waals surface area (Å²) < 4.78 is 40.8. The standard InChI is InChI=1S/C21H23F3N4OS/c1-12(2)7-8-28-13(3)16(19(25)29)10-18(28)17-11-30-20(27-17)26-15-6-4-5-14(9-15)21(22,23)24/h4-6,9-12H,7-8H2,1-3H3,(H2,25,29)(H,26,27). The van der Waals surface area contributed by atoms with Crippen LogP contribution in [0.15, 0.2) is 35.7 Å². The highest BCUT2D eigenvalue weighted by molar-refractivity contribution is 7.14. The molecule has 3 N–H and O–H groups in total. The number of anilines is 2. The van der Waals surface area contributed by atoms with Crippen LogP contribution in [0.25, 0.3) is 11.4 Å². The van der Waals surface area contributed by atoms with Gasteiger partial charge in [0.1, 0.15) is 0 Å². The Kier molecular flexibility index (Phi) is 6.21. The van der Waals surface area contributed by atoms with Gasteiger partial charge in [0.05, 0.1) is 22.5 Å². The van der Waals surface area contributed by atoms with Gasteiger partial charge in [0, 0.05) is 23.3 Å². The average Bonchev–Trinajstić information content (AvgIpc) is 3.23. The summed E-state index contributed by atoms with van der Waals surface area (Å²) in [4.78, 5) is 16.3. The molecule has 0 unspecified atom stereocenters. The molecule has 0 saturated carbocycles. The van der Waals surface area contributed by atoms with Gasteiger partial charge in [-0.15, -0.1) is 11.3 Å². The first kappa shape index (κ1) is 21.9. The van der Waals surface area contributed by atoms with Gasteiger partial charge in [0.15, 0.2) is 5.13 Å². The van der Waals surface area contributed by atoms with Crippen LogP contribution in [-0.4, -0.2) is 15.5 Å². The zero-order chi connectivity index (χ0) is 22.1. The number of carbonyl (C=O) groups is 1. The number of nitrogens with one attached hydrogen (secondary N) is 1. The Morgan fingerprint density at radius 3 is 2.67 bits per heavy atom. The van der Waals surface area contributed by atoms with Crippen LogP contribution in [-0.2, 0) is 12.7 Å². The monoisotopic (exact) mass is 436 g/mol. The molecule has 0 bridgehead atoms. The number of aromatic nitrogens is 2. The first-order valence-corrected chi connectivity index (χ1v) is 10.3.